The van der Waals surface area contributed by atoms with Gasteiger partial charge in [0.25, 0.3) is 15.9 Å². The summed E-state index contributed by atoms with van der Waals surface area (Å²) in [6.45, 7) is 3.81. The zero-order valence-electron chi connectivity index (χ0n) is 15.1. The Labute approximate surface area is 162 Å². The number of aromatic nitrogens is 1. The first-order valence-electron chi connectivity index (χ1n) is 8.17. The van der Waals surface area contributed by atoms with E-state index in [0.717, 1.165) is 10.4 Å². The Morgan fingerprint density at radius 2 is 1.67 bits per heavy atom. The largest absolute Gasteiger partial charge is 0.298 e. The van der Waals surface area contributed by atoms with Crippen LogP contribution < -0.4 is 9.62 Å². The van der Waals surface area contributed by atoms with Crippen molar-refractivity contribution < 1.29 is 13.2 Å². The lowest BCUT2D eigenvalue weighted by molar-refractivity contribution is 0.102. The molecule has 0 spiro atoms. The summed E-state index contributed by atoms with van der Waals surface area (Å²) in [5.41, 5.74) is 1.88. The molecule has 6 nitrogen and oxygen atoms in total. The van der Waals surface area contributed by atoms with Crippen LogP contribution >= 0.6 is 11.3 Å². The molecule has 1 aromatic heterocycles. The van der Waals surface area contributed by atoms with E-state index in [0.29, 0.717) is 16.4 Å². The lowest BCUT2D eigenvalue weighted by Gasteiger charge is -2.20. The number of thiazole rings is 1. The summed E-state index contributed by atoms with van der Waals surface area (Å²) in [7, 11) is -2.17. The molecule has 0 atom stereocenters. The molecule has 0 saturated carbocycles. The normalized spacial score (nSPS) is 11.2. The molecule has 0 saturated heterocycles. The Balaban J connectivity index is 1.77. The molecule has 1 heterocycles. The van der Waals surface area contributed by atoms with Gasteiger partial charge in [0, 0.05) is 23.7 Å². The van der Waals surface area contributed by atoms with E-state index in [4.69, 9.17) is 0 Å². The topological polar surface area (TPSA) is 79.4 Å². The van der Waals surface area contributed by atoms with E-state index in [2.05, 4.69) is 10.3 Å². The van der Waals surface area contributed by atoms with Gasteiger partial charge in [0.2, 0.25) is 0 Å². The summed E-state index contributed by atoms with van der Waals surface area (Å²) >= 11 is 1.39. The van der Waals surface area contributed by atoms with Crippen molar-refractivity contribution >= 4 is 38.1 Å². The van der Waals surface area contributed by atoms with Crippen molar-refractivity contribution in [2.75, 3.05) is 16.7 Å². The highest BCUT2D eigenvalue weighted by molar-refractivity contribution is 7.92. The highest BCUT2D eigenvalue weighted by Gasteiger charge is 2.21. The number of aryl methyl sites for hydroxylation is 2. The van der Waals surface area contributed by atoms with Gasteiger partial charge in [0.15, 0.2) is 5.13 Å². The minimum atomic E-state index is -3.66. The molecule has 1 N–H and O–H groups in total. The van der Waals surface area contributed by atoms with E-state index in [-0.39, 0.29) is 10.8 Å². The third-order valence-corrected chi connectivity index (χ3v) is 6.64. The Morgan fingerprint density at radius 1 is 1.04 bits per heavy atom. The van der Waals surface area contributed by atoms with Crippen LogP contribution in [0.4, 0.5) is 10.8 Å². The molecular weight excluding hydrogens is 382 g/mol. The number of rotatable bonds is 5. The van der Waals surface area contributed by atoms with Crippen molar-refractivity contribution in [1.82, 2.24) is 4.98 Å². The van der Waals surface area contributed by atoms with Crippen LogP contribution in [0.3, 0.4) is 0 Å². The van der Waals surface area contributed by atoms with E-state index < -0.39 is 10.0 Å². The van der Waals surface area contributed by atoms with Crippen molar-refractivity contribution in [2.24, 2.45) is 0 Å². The molecule has 2 aromatic carbocycles. The molecule has 27 heavy (non-hydrogen) atoms. The second-order valence-electron chi connectivity index (χ2n) is 6.06. The van der Waals surface area contributed by atoms with Crippen molar-refractivity contribution in [2.45, 2.75) is 18.7 Å². The van der Waals surface area contributed by atoms with Gasteiger partial charge < -0.3 is 0 Å². The predicted octanol–water partition coefficient (Wildman–Crippen LogP) is 3.84. The molecule has 3 rings (SSSR count). The summed E-state index contributed by atoms with van der Waals surface area (Å²) in [6.07, 6.45) is 1.69. The average Bonchev–Trinajstić information content (AvgIpc) is 3.06. The number of amides is 1. The van der Waals surface area contributed by atoms with Crippen molar-refractivity contribution in [3.8, 4) is 0 Å². The van der Waals surface area contributed by atoms with E-state index >= 15 is 0 Å². The van der Waals surface area contributed by atoms with Crippen LogP contribution in [-0.4, -0.2) is 26.4 Å². The number of benzene rings is 2. The molecular formula is C19H19N3O3S2. The maximum atomic E-state index is 12.7. The number of nitrogens with one attached hydrogen (secondary N) is 1. The monoisotopic (exact) mass is 401 g/mol. The first-order chi connectivity index (χ1) is 12.8. The fourth-order valence-corrected chi connectivity index (χ4v) is 4.27. The van der Waals surface area contributed by atoms with Crippen molar-refractivity contribution in [3.63, 3.8) is 0 Å². The van der Waals surface area contributed by atoms with Crippen LogP contribution in [-0.2, 0) is 10.0 Å². The zero-order chi connectivity index (χ0) is 19.6. The molecule has 1 amide bonds. The van der Waals surface area contributed by atoms with Crippen molar-refractivity contribution in [3.05, 3.63) is 70.7 Å². The smallest absolute Gasteiger partial charge is 0.264 e. The quantitative estimate of drug-likeness (QED) is 0.704. The lowest BCUT2D eigenvalue weighted by atomic mass is 10.2. The average molecular weight is 402 g/mol. The van der Waals surface area contributed by atoms with Gasteiger partial charge in [-0.15, -0.1) is 11.3 Å². The molecule has 0 bridgehead atoms. The first kappa shape index (κ1) is 19.1. The predicted molar refractivity (Wildman–Crippen MR) is 108 cm³/mol. The molecule has 0 radical (unpaired) electrons. The SMILES string of the molecule is Cc1ccc(S(=O)(=O)N(C)c2ccc(C(=O)Nc3ncc(C)s3)cc2)cc1. The number of sulfonamides is 1. The number of nitrogens with zero attached hydrogens (tertiary/aromatic N) is 2. The first-order valence-corrected chi connectivity index (χ1v) is 10.4. The van der Waals surface area contributed by atoms with Crippen LogP contribution in [0.5, 0.6) is 0 Å². The molecule has 8 heteroatoms. The molecule has 0 aliphatic heterocycles. The van der Waals surface area contributed by atoms with Crippen LogP contribution in [0, 0.1) is 13.8 Å². The zero-order valence-corrected chi connectivity index (χ0v) is 16.8. The van der Waals surface area contributed by atoms with E-state index in [1.807, 2.05) is 13.8 Å². The van der Waals surface area contributed by atoms with E-state index in [1.54, 1.807) is 54.7 Å². The van der Waals surface area contributed by atoms with Gasteiger partial charge in [-0.05, 0) is 50.2 Å². The molecule has 0 aliphatic carbocycles. The third-order valence-electron chi connectivity index (χ3n) is 4.01. The number of hydrogen-bond acceptors (Lipinski definition) is 5. The molecule has 0 unspecified atom stereocenters. The molecule has 0 fully saturated rings. The number of hydrogen-bond donors (Lipinski definition) is 1. The minimum Gasteiger partial charge on any atom is -0.298 e. The Kier molecular flexibility index (Phi) is 5.29. The van der Waals surface area contributed by atoms with Gasteiger partial charge in [-0.2, -0.15) is 0 Å². The number of carbonyl (C=O) groups excluding carboxylic acids is 1. The van der Waals surface area contributed by atoms with Crippen molar-refractivity contribution in [1.29, 1.82) is 0 Å². The Bertz CT molecular complexity index is 1060. The number of carbonyl (C=O) groups is 1. The Morgan fingerprint density at radius 3 is 2.22 bits per heavy atom. The van der Waals surface area contributed by atoms with E-state index in [9.17, 15) is 13.2 Å². The highest BCUT2D eigenvalue weighted by atomic mass is 32.2. The summed E-state index contributed by atoms with van der Waals surface area (Å²) in [6, 6.07) is 13.1. The van der Waals surface area contributed by atoms with Gasteiger partial charge in [0.1, 0.15) is 0 Å². The second-order valence-corrected chi connectivity index (χ2v) is 9.27. The fraction of sp³-hybridized carbons (Fsp3) is 0.158. The fourth-order valence-electron chi connectivity index (χ4n) is 2.41. The van der Waals surface area contributed by atoms with Gasteiger partial charge in [-0.3, -0.25) is 14.4 Å². The van der Waals surface area contributed by atoms with Crippen LogP contribution in [0.2, 0.25) is 0 Å². The number of anilines is 2. The summed E-state index contributed by atoms with van der Waals surface area (Å²) in [4.78, 5) is 17.6. The summed E-state index contributed by atoms with van der Waals surface area (Å²) in [5, 5.41) is 3.25. The second kappa shape index (κ2) is 7.50. The maximum Gasteiger partial charge on any atom is 0.264 e. The van der Waals surface area contributed by atoms with Gasteiger partial charge in [0.05, 0.1) is 10.6 Å². The van der Waals surface area contributed by atoms with Crippen LogP contribution in [0.25, 0.3) is 0 Å². The third kappa shape index (κ3) is 4.17. The Hall–Kier alpha value is -2.71. The summed E-state index contributed by atoms with van der Waals surface area (Å²) in [5.74, 6) is -0.292. The van der Waals surface area contributed by atoms with Crippen LogP contribution in [0.1, 0.15) is 20.8 Å². The molecule has 3 aromatic rings. The summed E-state index contributed by atoms with van der Waals surface area (Å²) < 4.78 is 26.7. The van der Waals surface area contributed by atoms with Gasteiger partial charge >= 0.3 is 0 Å². The van der Waals surface area contributed by atoms with Gasteiger partial charge in [-0.1, -0.05) is 17.7 Å². The van der Waals surface area contributed by atoms with Crippen LogP contribution in [0.15, 0.2) is 59.6 Å². The minimum absolute atomic E-state index is 0.219. The molecule has 140 valence electrons. The molecule has 0 aliphatic rings. The lowest BCUT2D eigenvalue weighted by Crippen LogP contribution is -2.26. The standard InChI is InChI=1S/C19H19N3O3S2/c1-13-4-10-17(11-5-13)27(24,25)22(3)16-8-6-15(7-9-16)18(23)21-19-20-12-14(2)26-19/h4-12H,1-3H3,(H,20,21,23). The van der Waals surface area contributed by atoms with E-state index in [1.165, 1.54) is 22.7 Å². The maximum absolute atomic E-state index is 12.7. The van der Waals surface area contributed by atoms with Gasteiger partial charge in [-0.25, -0.2) is 13.4 Å². The highest BCUT2D eigenvalue weighted by Crippen LogP contribution is 2.23.